The van der Waals surface area contributed by atoms with Crippen molar-refractivity contribution in [2.45, 2.75) is 13.1 Å². The van der Waals surface area contributed by atoms with Gasteiger partial charge in [-0.3, -0.25) is 9.36 Å². The molecule has 0 aliphatic rings. The van der Waals surface area contributed by atoms with Crippen molar-refractivity contribution in [1.29, 1.82) is 5.26 Å². The molecule has 8 heteroatoms. The highest BCUT2D eigenvalue weighted by molar-refractivity contribution is 5.72. The number of nitriles is 1. The lowest BCUT2D eigenvalue weighted by Gasteiger charge is -2.12. The smallest absolute Gasteiger partial charge is 0.320 e. The van der Waals surface area contributed by atoms with Gasteiger partial charge in [-0.15, -0.1) is 6.58 Å². The molecule has 0 unspecified atom stereocenters. The van der Waals surface area contributed by atoms with Crippen LogP contribution < -0.4 is 11.2 Å². The lowest BCUT2D eigenvalue weighted by molar-refractivity contribution is 0.624. The summed E-state index contributed by atoms with van der Waals surface area (Å²) in [6, 6.07) is 14.6. The van der Waals surface area contributed by atoms with Crippen LogP contribution in [0.5, 0.6) is 0 Å². The minimum Gasteiger partial charge on any atom is -0.320 e. The Morgan fingerprint density at radius 2 is 1.97 bits per heavy atom. The van der Waals surface area contributed by atoms with Crippen LogP contribution in [0.3, 0.4) is 0 Å². The highest BCUT2D eigenvalue weighted by atomic mass is 19.1. The molecule has 0 N–H and O–H groups in total. The van der Waals surface area contributed by atoms with E-state index in [4.69, 9.17) is 5.26 Å². The van der Waals surface area contributed by atoms with Gasteiger partial charge in [0.15, 0.2) is 11.2 Å². The van der Waals surface area contributed by atoms with Crippen LogP contribution in [-0.2, 0) is 13.1 Å². The molecule has 0 atom stereocenters. The molecule has 7 nitrogen and oxygen atoms in total. The lowest BCUT2D eigenvalue weighted by Crippen LogP contribution is -2.39. The SMILES string of the molecule is C=CCn1c(=O)c2c(ncn2Cc2cccc(C#N)c2)n(-c2cccc(F)c2)c1=O. The molecule has 4 rings (SSSR count). The largest absolute Gasteiger partial charge is 0.337 e. The summed E-state index contributed by atoms with van der Waals surface area (Å²) >= 11 is 0. The van der Waals surface area contributed by atoms with Gasteiger partial charge in [0.25, 0.3) is 5.56 Å². The van der Waals surface area contributed by atoms with Gasteiger partial charge in [0.05, 0.1) is 23.6 Å². The molecule has 2 aromatic carbocycles. The number of nitrogens with zero attached hydrogens (tertiary/aromatic N) is 5. The van der Waals surface area contributed by atoms with E-state index in [2.05, 4.69) is 17.6 Å². The van der Waals surface area contributed by atoms with Gasteiger partial charge in [-0.1, -0.05) is 24.3 Å². The van der Waals surface area contributed by atoms with Crippen LogP contribution in [0.4, 0.5) is 4.39 Å². The number of hydrogen-bond donors (Lipinski definition) is 0. The van der Waals surface area contributed by atoms with E-state index < -0.39 is 17.1 Å². The van der Waals surface area contributed by atoms with E-state index >= 15 is 0 Å². The number of rotatable bonds is 5. The maximum atomic E-state index is 13.8. The first-order valence-corrected chi connectivity index (χ1v) is 9.10. The van der Waals surface area contributed by atoms with Crippen molar-refractivity contribution in [2.24, 2.45) is 0 Å². The standard InChI is InChI=1S/C22H16FN5O2/c1-2-9-27-21(29)19-20(28(22(27)30)18-8-4-7-17(23)11-18)25-14-26(19)13-16-6-3-5-15(10-16)12-24/h2-8,10-11,14H,1,9,13H2. The summed E-state index contributed by atoms with van der Waals surface area (Å²) < 4.78 is 17.7. The second-order valence-corrected chi connectivity index (χ2v) is 6.66. The molecule has 30 heavy (non-hydrogen) atoms. The normalized spacial score (nSPS) is 10.8. The monoisotopic (exact) mass is 401 g/mol. The molecule has 0 amide bonds. The van der Waals surface area contributed by atoms with Crippen LogP contribution in [0.15, 0.2) is 77.1 Å². The van der Waals surface area contributed by atoms with Crippen LogP contribution in [-0.4, -0.2) is 18.7 Å². The van der Waals surface area contributed by atoms with Gasteiger partial charge >= 0.3 is 5.69 Å². The van der Waals surface area contributed by atoms with Crippen molar-refractivity contribution in [3.05, 3.63) is 105 Å². The average Bonchev–Trinajstić information content (AvgIpc) is 3.14. The topological polar surface area (TPSA) is 85.6 Å². The molecule has 0 spiro atoms. The van der Waals surface area contributed by atoms with Crippen molar-refractivity contribution in [3.8, 4) is 11.8 Å². The number of hydrogen-bond acceptors (Lipinski definition) is 4. The average molecular weight is 401 g/mol. The second-order valence-electron chi connectivity index (χ2n) is 6.66. The second kappa shape index (κ2) is 7.64. The van der Waals surface area contributed by atoms with E-state index in [0.29, 0.717) is 5.56 Å². The summed E-state index contributed by atoms with van der Waals surface area (Å²) in [7, 11) is 0. The molecule has 148 valence electrons. The number of benzene rings is 2. The van der Waals surface area contributed by atoms with Gasteiger partial charge in [-0.25, -0.2) is 18.7 Å². The molecule has 4 aromatic rings. The van der Waals surface area contributed by atoms with Crippen molar-refractivity contribution >= 4 is 11.2 Å². The van der Waals surface area contributed by atoms with Gasteiger partial charge in [0.2, 0.25) is 0 Å². The zero-order chi connectivity index (χ0) is 21.3. The predicted octanol–water partition coefficient (Wildman–Crippen LogP) is 2.59. The first kappa shape index (κ1) is 19.1. The van der Waals surface area contributed by atoms with Crippen LogP contribution in [0.25, 0.3) is 16.9 Å². The fraction of sp³-hybridized carbons (Fsp3) is 0.0909. The number of allylic oxidation sites excluding steroid dienone is 1. The Morgan fingerprint density at radius 3 is 2.70 bits per heavy atom. The molecule has 2 aromatic heterocycles. The van der Waals surface area contributed by atoms with Crippen molar-refractivity contribution < 1.29 is 4.39 Å². The zero-order valence-electron chi connectivity index (χ0n) is 15.8. The summed E-state index contributed by atoms with van der Waals surface area (Å²) in [6.45, 7) is 3.88. The van der Waals surface area contributed by atoms with E-state index in [-0.39, 0.29) is 29.9 Å². The molecule has 2 heterocycles. The molecular weight excluding hydrogens is 385 g/mol. The summed E-state index contributed by atoms with van der Waals surface area (Å²) in [5, 5.41) is 9.11. The molecule has 0 radical (unpaired) electrons. The van der Waals surface area contributed by atoms with E-state index in [1.807, 2.05) is 6.07 Å². The van der Waals surface area contributed by atoms with Crippen molar-refractivity contribution in [2.75, 3.05) is 0 Å². The zero-order valence-corrected chi connectivity index (χ0v) is 15.8. The molecule has 0 saturated carbocycles. The fourth-order valence-corrected chi connectivity index (χ4v) is 3.37. The third-order valence-corrected chi connectivity index (χ3v) is 4.69. The summed E-state index contributed by atoms with van der Waals surface area (Å²) in [6.07, 6.45) is 2.90. The predicted molar refractivity (Wildman–Crippen MR) is 110 cm³/mol. The van der Waals surface area contributed by atoms with Crippen LogP contribution in [0, 0.1) is 17.1 Å². The van der Waals surface area contributed by atoms with Gasteiger partial charge in [-0.2, -0.15) is 5.26 Å². The Hall–Kier alpha value is -4.25. The summed E-state index contributed by atoms with van der Waals surface area (Å²) in [5.74, 6) is -0.512. The van der Waals surface area contributed by atoms with Crippen LogP contribution in [0.1, 0.15) is 11.1 Å². The number of aromatic nitrogens is 4. The van der Waals surface area contributed by atoms with Crippen LogP contribution >= 0.6 is 0 Å². The first-order valence-electron chi connectivity index (χ1n) is 9.10. The number of imidazole rings is 1. The lowest BCUT2D eigenvalue weighted by atomic mass is 10.1. The molecule has 0 bridgehead atoms. The summed E-state index contributed by atoms with van der Waals surface area (Å²) in [4.78, 5) is 30.4. The quantitative estimate of drug-likeness (QED) is 0.481. The Morgan fingerprint density at radius 1 is 1.17 bits per heavy atom. The van der Waals surface area contributed by atoms with Crippen molar-refractivity contribution in [3.63, 3.8) is 0 Å². The van der Waals surface area contributed by atoms with Gasteiger partial charge in [0, 0.05) is 13.1 Å². The Kier molecular flexibility index (Phi) is 4.86. The molecule has 0 aliphatic carbocycles. The van der Waals surface area contributed by atoms with E-state index in [1.165, 1.54) is 35.2 Å². The fourth-order valence-electron chi connectivity index (χ4n) is 3.37. The minimum absolute atomic E-state index is 0.00196. The van der Waals surface area contributed by atoms with E-state index in [1.54, 1.807) is 28.8 Å². The molecule has 0 fully saturated rings. The van der Waals surface area contributed by atoms with Gasteiger partial charge in [0.1, 0.15) is 5.82 Å². The van der Waals surface area contributed by atoms with E-state index in [9.17, 15) is 14.0 Å². The highest BCUT2D eigenvalue weighted by Gasteiger charge is 2.19. The van der Waals surface area contributed by atoms with Gasteiger partial charge < -0.3 is 4.57 Å². The highest BCUT2D eigenvalue weighted by Crippen LogP contribution is 2.16. The third kappa shape index (κ3) is 3.22. The maximum Gasteiger partial charge on any atom is 0.337 e. The number of halogens is 1. The maximum absolute atomic E-state index is 13.8. The molecule has 0 saturated heterocycles. The Labute approximate surface area is 170 Å². The first-order chi connectivity index (χ1) is 14.5. The molecular formula is C22H16FN5O2. The van der Waals surface area contributed by atoms with Crippen molar-refractivity contribution in [1.82, 2.24) is 18.7 Å². The molecule has 0 aliphatic heterocycles. The third-order valence-electron chi connectivity index (χ3n) is 4.69. The Bertz CT molecular complexity index is 1440. The van der Waals surface area contributed by atoms with Crippen LogP contribution in [0.2, 0.25) is 0 Å². The Balaban J connectivity index is 1.99. The minimum atomic E-state index is -0.630. The van der Waals surface area contributed by atoms with E-state index in [0.717, 1.165) is 10.1 Å². The summed E-state index contributed by atoms with van der Waals surface area (Å²) in [5.41, 5.74) is 0.741. The number of fused-ring (bicyclic) bond motifs is 1. The van der Waals surface area contributed by atoms with Gasteiger partial charge in [-0.05, 0) is 35.9 Å².